The third-order valence-electron chi connectivity index (χ3n) is 12.1. The van der Waals surface area contributed by atoms with Crippen molar-refractivity contribution in [3.05, 3.63) is 24.3 Å². The minimum absolute atomic E-state index is 0.0151. The van der Waals surface area contributed by atoms with Gasteiger partial charge in [-0.25, -0.2) is 4.68 Å². The fourth-order valence-electron chi connectivity index (χ4n) is 10.2. The Labute approximate surface area is 226 Å². The Balaban J connectivity index is 1.17. The maximum Gasteiger partial charge on any atom is 0.302 e. The molecule has 0 amide bonds. The minimum atomic E-state index is -0.175. The molecule has 1 aromatic heterocycles. The quantitative estimate of drug-likeness (QED) is 0.515. The Morgan fingerprint density at radius 3 is 2.61 bits per heavy atom. The molecule has 4 unspecified atom stereocenters. The molecule has 2 heterocycles. The molecule has 7 nitrogen and oxygen atoms in total. The lowest BCUT2D eigenvalue weighted by molar-refractivity contribution is -0.165. The van der Waals surface area contributed by atoms with Crippen molar-refractivity contribution in [1.29, 1.82) is 0 Å². The van der Waals surface area contributed by atoms with E-state index in [2.05, 4.69) is 45.9 Å². The van der Waals surface area contributed by atoms with Gasteiger partial charge in [-0.15, -0.1) is 5.10 Å². The number of ether oxygens (including phenoxy) is 2. The van der Waals surface area contributed by atoms with Crippen LogP contribution in [0.4, 0.5) is 0 Å². The molecule has 5 aliphatic rings. The summed E-state index contributed by atoms with van der Waals surface area (Å²) in [6, 6.07) is 8.98. The summed E-state index contributed by atoms with van der Waals surface area (Å²) in [6.45, 7) is 10.6. The second-order valence-corrected chi connectivity index (χ2v) is 13.6. The van der Waals surface area contributed by atoms with Gasteiger partial charge in [0.25, 0.3) is 0 Å². The molecule has 7 rings (SSSR count). The van der Waals surface area contributed by atoms with Gasteiger partial charge in [0, 0.05) is 31.5 Å². The topological polar surface area (TPSA) is 69.5 Å². The van der Waals surface area contributed by atoms with E-state index in [4.69, 9.17) is 9.47 Å². The predicted octanol–water partition coefficient (Wildman–Crippen LogP) is 5.26. The molecule has 7 heteroatoms. The lowest BCUT2D eigenvalue weighted by Gasteiger charge is -2.61. The molecule has 1 aliphatic heterocycles. The number of rotatable bonds is 3. The summed E-state index contributed by atoms with van der Waals surface area (Å²) in [6.07, 6.45) is 9.99. The van der Waals surface area contributed by atoms with Crippen LogP contribution in [0.15, 0.2) is 24.3 Å². The molecule has 0 spiro atoms. The third-order valence-corrected chi connectivity index (χ3v) is 12.1. The fraction of sp³-hybridized carbons (Fsp3) is 0.774. The molecular formula is C31H44N4O3. The highest BCUT2D eigenvalue weighted by atomic mass is 16.5. The molecule has 0 N–H and O–H groups in total. The Hall–Kier alpha value is -1.99. The highest BCUT2D eigenvalue weighted by Crippen LogP contribution is 2.68. The number of carbonyl (C=O) groups excluding carboxylic acids is 1. The molecule has 0 bridgehead atoms. The van der Waals surface area contributed by atoms with Gasteiger partial charge in [0.15, 0.2) is 0 Å². The lowest BCUT2D eigenvalue weighted by atomic mass is 9.45. The largest absolute Gasteiger partial charge is 0.460 e. The minimum Gasteiger partial charge on any atom is -0.460 e. The van der Waals surface area contributed by atoms with Crippen LogP contribution in [-0.2, 0) is 14.3 Å². The molecule has 4 aliphatic carbocycles. The van der Waals surface area contributed by atoms with Gasteiger partial charge in [-0.3, -0.25) is 9.69 Å². The van der Waals surface area contributed by atoms with Gasteiger partial charge in [0.05, 0.1) is 24.8 Å². The van der Waals surface area contributed by atoms with Gasteiger partial charge in [-0.05, 0) is 92.6 Å². The molecule has 0 radical (unpaired) electrons. The Kier molecular flexibility index (Phi) is 6.12. The highest BCUT2D eigenvalue weighted by molar-refractivity contribution is 5.74. The first kappa shape index (κ1) is 25.0. The zero-order valence-corrected chi connectivity index (χ0v) is 23.3. The number of carbonyl (C=O) groups is 1. The number of esters is 1. The van der Waals surface area contributed by atoms with Gasteiger partial charge in [-0.1, -0.05) is 31.2 Å². The standard InChI is InChI=1S/C31H44N4O3/c1-20(36)38-29-28(35-27-7-5-4-6-26(27)32-33-35)19-25-23-9-8-21-18-22(34-14-16-37-17-15-34)10-12-30(21,2)24(23)11-13-31(25,29)3/h4-7,21-25,28-29H,8-19H2,1-3H3/t21?,22-,23?,24?,25?,28-,29-,30-,31-/m0/s1. The Morgan fingerprint density at radius 2 is 1.79 bits per heavy atom. The van der Waals surface area contributed by atoms with E-state index in [1.807, 2.05) is 12.1 Å². The van der Waals surface area contributed by atoms with Crippen LogP contribution in [0.5, 0.6) is 0 Å². The maximum atomic E-state index is 12.4. The van der Waals surface area contributed by atoms with Crippen molar-refractivity contribution in [3.8, 4) is 0 Å². The molecule has 206 valence electrons. The van der Waals surface area contributed by atoms with Crippen LogP contribution in [-0.4, -0.2) is 64.3 Å². The maximum absolute atomic E-state index is 12.4. The van der Waals surface area contributed by atoms with Crippen LogP contribution >= 0.6 is 0 Å². The predicted molar refractivity (Wildman–Crippen MR) is 145 cm³/mol. The number of morpholine rings is 1. The molecule has 1 saturated heterocycles. The Bertz CT molecular complexity index is 1190. The van der Waals surface area contributed by atoms with Crippen molar-refractivity contribution in [2.75, 3.05) is 26.3 Å². The van der Waals surface area contributed by atoms with Crippen LogP contribution < -0.4 is 0 Å². The number of fused-ring (bicyclic) bond motifs is 6. The van der Waals surface area contributed by atoms with E-state index >= 15 is 0 Å². The average Bonchev–Trinajstić information content (AvgIpc) is 3.47. The lowest BCUT2D eigenvalue weighted by Crippen LogP contribution is -2.56. The summed E-state index contributed by atoms with van der Waals surface area (Å²) in [7, 11) is 0. The van der Waals surface area contributed by atoms with Gasteiger partial charge < -0.3 is 9.47 Å². The van der Waals surface area contributed by atoms with Crippen LogP contribution in [0.2, 0.25) is 0 Å². The summed E-state index contributed by atoms with van der Waals surface area (Å²) in [5, 5.41) is 9.09. The summed E-state index contributed by atoms with van der Waals surface area (Å²) < 4.78 is 14.0. The van der Waals surface area contributed by atoms with Crippen molar-refractivity contribution in [1.82, 2.24) is 19.9 Å². The van der Waals surface area contributed by atoms with Crippen LogP contribution in [0.3, 0.4) is 0 Å². The summed E-state index contributed by atoms with van der Waals surface area (Å²) >= 11 is 0. The first-order valence-corrected chi connectivity index (χ1v) is 15.2. The van der Waals surface area contributed by atoms with Crippen molar-refractivity contribution in [2.45, 2.75) is 90.3 Å². The fourth-order valence-corrected chi connectivity index (χ4v) is 10.2. The average molecular weight is 521 g/mol. The van der Waals surface area contributed by atoms with E-state index < -0.39 is 0 Å². The van der Waals surface area contributed by atoms with E-state index in [1.165, 1.54) is 38.5 Å². The molecule has 1 aromatic carbocycles. The first-order chi connectivity index (χ1) is 18.4. The second-order valence-electron chi connectivity index (χ2n) is 13.6. The monoisotopic (exact) mass is 520 g/mol. The molecule has 5 fully saturated rings. The molecule has 9 atom stereocenters. The second kappa shape index (κ2) is 9.29. The molecule has 2 aromatic rings. The van der Waals surface area contributed by atoms with Gasteiger partial charge >= 0.3 is 5.97 Å². The molecule has 38 heavy (non-hydrogen) atoms. The Morgan fingerprint density at radius 1 is 1.00 bits per heavy atom. The molecular weight excluding hydrogens is 476 g/mol. The van der Waals surface area contributed by atoms with Crippen LogP contribution in [0.1, 0.15) is 78.2 Å². The van der Waals surface area contributed by atoms with E-state index in [0.717, 1.165) is 68.1 Å². The third kappa shape index (κ3) is 3.78. The van der Waals surface area contributed by atoms with Crippen molar-refractivity contribution in [3.63, 3.8) is 0 Å². The van der Waals surface area contributed by atoms with Crippen LogP contribution in [0, 0.1) is 34.5 Å². The SMILES string of the molecule is CC(=O)O[C@H]1[C@@H](n2nnc3ccccc32)CC2C3CCC4C[C@@H](N5CCOCC5)CC[C@]4(C)C3CC[C@@]21C. The van der Waals surface area contributed by atoms with E-state index in [-0.39, 0.29) is 23.5 Å². The van der Waals surface area contributed by atoms with E-state index in [1.54, 1.807) is 6.92 Å². The summed E-state index contributed by atoms with van der Waals surface area (Å²) in [4.78, 5) is 15.1. The number of benzene rings is 1. The zero-order valence-electron chi connectivity index (χ0n) is 23.3. The number of hydrogen-bond acceptors (Lipinski definition) is 6. The first-order valence-electron chi connectivity index (χ1n) is 15.2. The zero-order chi connectivity index (χ0) is 26.1. The highest BCUT2D eigenvalue weighted by Gasteiger charge is 2.64. The van der Waals surface area contributed by atoms with E-state index in [9.17, 15) is 4.79 Å². The number of hydrogen-bond donors (Lipinski definition) is 0. The van der Waals surface area contributed by atoms with Gasteiger partial charge in [-0.2, -0.15) is 0 Å². The van der Waals surface area contributed by atoms with Crippen molar-refractivity contribution < 1.29 is 14.3 Å². The number of para-hydroxylation sites is 1. The number of nitrogens with zero attached hydrogens (tertiary/aromatic N) is 4. The van der Waals surface area contributed by atoms with Crippen molar-refractivity contribution in [2.24, 2.45) is 34.5 Å². The smallest absolute Gasteiger partial charge is 0.302 e. The van der Waals surface area contributed by atoms with Gasteiger partial charge in [0.2, 0.25) is 0 Å². The normalized spacial score (nSPS) is 43.3. The van der Waals surface area contributed by atoms with E-state index in [0.29, 0.717) is 17.3 Å². The summed E-state index contributed by atoms with van der Waals surface area (Å²) in [5.41, 5.74) is 2.38. The van der Waals surface area contributed by atoms with Crippen LogP contribution in [0.25, 0.3) is 11.0 Å². The molecule has 4 saturated carbocycles. The number of aromatic nitrogens is 3. The van der Waals surface area contributed by atoms with Crippen molar-refractivity contribution >= 4 is 17.0 Å². The summed E-state index contributed by atoms with van der Waals surface area (Å²) in [5.74, 6) is 2.68. The van der Waals surface area contributed by atoms with Gasteiger partial charge in [0.1, 0.15) is 11.6 Å².